The van der Waals surface area contributed by atoms with E-state index in [1.807, 2.05) is 0 Å². The fourth-order valence-corrected chi connectivity index (χ4v) is 3.28. The van der Waals surface area contributed by atoms with Crippen LogP contribution in [0.4, 0.5) is 0 Å². The van der Waals surface area contributed by atoms with Gasteiger partial charge in [0.2, 0.25) is 17.7 Å². The van der Waals surface area contributed by atoms with Crippen molar-refractivity contribution in [2.75, 3.05) is 6.54 Å². The quantitative estimate of drug-likeness (QED) is 0.228. The third-order valence-corrected chi connectivity index (χ3v) is 5.18. The lowest BCUT2D eigenvalue weighted by Gasteiger charge is -2.26. The normalized spacial score (nSPS) is 19.3. The average Bonchev–Trinajstić information content (AvgIpc) is 3.27. The molecule has 7 N–H and O–H groups in total. The van der Waals surface area contributed by atoms with Gasteiger partial charge in [0.1, 0.15) is 23.9 Å². The third kappa shape index (κ3) is 7.20. The van der Waals surface area contributed by atoms with Crippen LogP contribution in [0.25, 0.3) is 0 Å². The summed E-state index contributed by atoms with van der Waals surface area (Å²) >= 11 is 0. The number of carboxylic acids is 1. The first-order valence-electron chi connectivity index (χ1n) is 10.4. The molecule has 0 aromatic heterocycles. The first kappa shape index (κ1) is 25.1. The van der Waals surface area contributed by atoms with Gasteiger partial charge in [-0.1, -0.05) is 12.1 Å². The van der Waals surface area contributed by atoms with Gasteiger partial charge in [0.05, 0.1) is 12.1 Å². The van der Waals surface area contributed by atoms with Crippen LogP contribution in [0.3, 0.4) is 0 Å². The maximum absolute atomic E-state index is 12.9. The minimum atomic E-state index is -1.31. The number of aliphatic hydroxyl groups excluding tert-OH is 1. The highest BCUT2D eigenvalue weighted by Gasteiger charge is 2.33. The van der Waals surface area contributed by atoms with E-state index in [-0.39, 0.29) is 12.2 Å². The molecule has 0 spiro atoms. The molecule has 0 saturated carbocycles. The Bertz CT molecular complexity index is 822. The number of hydrogen-bond donors (Lipinski definition) is 7. The molecule has 1 aliphatic rings. The number of carbonyl (C=O) groups excluding carboxylic acids is 3. The Morgan fingerprint density at radius 3 is 2.25 bits per heavy atom. The number of aromatic hydroxyl groups is 1. The monoisotopic (exact) mass is 450 g/mol. The number of benzene rings is 1. The first-order valence-corrected chi connectivity index (χ1v) is 10.4. The van der Waals surface area contributed by atoms with Gasteiger partial charge in [0.15, 0.2) is 0 Å². The van der Waals surface area contributed by atoms with Crippen LogP contribution in [0, 0.1) is 0 Å². The molecular formula is C21H30N4O7. The Balaban J connectivity index is 2.15. The minimum Gasteiger partial charge on any atom is -0.508 e. The van der Waals surface area contributed by atoms with Gasteiger partial charge in [0, 0.05) is 6.42 Å². The van der Waals surface area contributed by atoms with E-state index in [0.29, 0.717) is 18.5 Å². The summed E-state index contributed by atoms with van der Waals surface area (Å²) in [6.07, 6.45) is 0.185. The minimum absolute atomic E-state index is 0.00511. The Morgan fingerprint density at radius 1 is 1.06 bits per heavy atom. The van der Waals surface area contributed by atoms with Gasteiger partial charge in [-0.15, -0.1) is 0 Å². The van der Waals surface area contributed by atoms with Gasteiger partial charge in [-0.2, -0.15) is 0 Å². The molecule has 1 saturated heterocycles. The summed E-state index contributed by atoms with van der Waals surface area (Å²) in [5, 5.41) is 38.9. The molecule has 32 heavy (non-hydrogen) atoms. The van der Waals surface area contributed by atoms with E-state index in [0.717, 1.165) is 6.42 Å². The fourth-order valence-electron chi connectivity index (χ4n) is 3.28. The molecule has 1 aromatic carbocycles. The maximum Gasteiger partial charge on any atom is 0.325 e. The summed E-state index contributed by atoms with van der Waals surface area (Å²) in [5.74, 6) is -3.17. The highest BCUT2D eigenvalue weighted by atomic mass is 16.4. The van der Waals surface area contributed by atoms with Gasteiger partial charge < -0.3 is 36.6 Å². The first-order chi connectivity index (χ1) is 15.1. The van der Waals surface area contributed by atoms with E-state index in [9.17, 15) is 29.4 Å². The van der Waals surface area contributed by atoms with Crippen LogP contribution in [-0.4, -0.2) is 75.8 Å². The molecule has 2 rings (SSSR count). The number of phenols is 1. The molecule has 5 unspecified atom stereocenters. The molecule has 1 heterocycles. The van der Waals surface area contributed by atoms with Crippen molar-refractivity contribution in [1.82, 2.24) is 21.3 Å². The molecule has 0 radical (unpaired) electrons. The average molecular weight is 450 g/mol. The number of phenolic OH excluding ortho intramolecular Hbond substituents is 1. The molecule has 1 fully saturated rings. The highest BCUT2D eigenvalue weighted by molar-refractivity contribution is 5.94. The van der Waals surface area contributed by atoms with E-state index in [1.165, 1.54) is 26.0 Å². The lowest BCUT2D eigenvalue weighted by Crippen LogP contribution is -2.60. The molecule has 11 nitrogen and oxygen atoms in total. The maximum atomic E-state index is 12.9. The summed E-state index contributed by atoms with van der Waals surface area (Å²) < 4.78 is 0. The van der Waals surface area contributed by atoms with Crippen LogP contribution < -0.4 is 21.3 Å². The van der Waals surface area contributed by atoms with Crippen molar-refractivity contribution >= 4 is 23.7 Å². The van der Waals surface area contributed by atoms with Crippen molar-refractivity contribution in [2.45, 2.75) is 63.4 Å². The van der Waals surface area contributed by atoms with E-state index in [2.05, 4.69) is 21.3 Å². The zero-order chi connectivity index (χ0) is 23.8. The molecule has 176 valence electrons. The molecule has 1 aliphatic heterocycles. The predicted octanol–water partition coefficient (Wildman–Crippen LogP) is -1.37. The molecule has 3 amide bonds. The predicted molar refractivity (Wildman–Crippen MR) is 114 cm³/mol. The summed E-state index contributed by atoms with van der Waals surface area (Å²) in [6.45, 7) is 3.31. The number of rotatable bonds is 10. The number of nitrogens with one attached hydrogen (secondary N) is 4. The van der Waals surface area contributed by atoms with Crippen LogP contribution in [0.1, 0.15) is 32.3 Å². The van der Waals surface area contributed by atoms with Gasteiger partial charge >= 0.3 is 5.97 Å². The van der Waals surface area contributed by atoms with Gasteiger partial charge in [-0.3, -0.25) is 19.2 Å². The molecule has 1 aromatic rings. The smallest absolute Gasteiger partial charge is 0.325 e. The van der Waals surface area contributed by atoms with Crippen molar-refractivity contribution in [3.05, 3.63) is 29.8 Å². The number of amides is 3. The topological polar surface area (TPSA) is 177 Å². The number of carboxylic acid groups (broad SMARTS) is 1. The van der Waals surface area contributed by atoms with Gasteiger partial charge in [-0.05, 0) is 50.9 Å². The number of hydrogen-bond acceptors (Lipinski definition) is 7. The Labute approximate surface area is 185 Å². The zero-order valence-electron chi connectivity index (χ0n) is 18.0. The largest absolute Gasteiger partial charge is 0.508 e. The van der Waals surface area contributed by atoms with Crippen LogP contribution in [-0.2, 0) is 25.6 Å². The van der Waals surface area contributed by atoms with E-state index in [4.69, 9.17) is 5.11 Å². The van der Waals surface area contributed by atoms with Crippen LogP contribution >= 0.6 is 0 Å². The second-order valence-electron chi connectivity index (χ2n) is 7.88. The number of aliphatic hydroxyl groups is 1. The van der Waals surface area contributed by atoms with Crippen LogP contribution in [0.15, 0.2) is 24.3 Å². The number of aliphatic carboxylic acids is 1. The third-order valence-electron chi connectivity index (χ3n) is 5.18. The Hall–Kier alpha value is -3.18. The van der Waals surface area contributed by atoms with Gasteiger partial charge in [-0.25, -0.2) is 0 Å². The molecule has 0 aliphatic carbocycles. The molecule has 0 bridgehead atoms. The zero-order valence-corrected chi connectivity index (χ0v) is 18.0. The summed E-state index contributed by atoms with van der Waals surface area (Å²) in [5.41, 5.74) is 0.596. The summed E-state index contributed by atoms with van der Waals surface area (Å²) in [6, 6.07) is 1.80. The van der Waals surface area contributed by atoms with E-state index < -0.39 is 54.0 Å². The van der Waals surface area contributed by atoms with Gasteiger partial charge in [0.25, 0.3) is 0 Å². The second-order valence-corrected chi connectivity index (χ2v) is 7.88. The lowest BCUT2D eigenvalue weighted by atomic mass is 10.0. The molecule has 5 atom stereocenters. The fraction of sp³-hybridized carbons (Fsp3) is 0.524. The molecule has 11 heteroatoms. The highest BCUT2D eigenvalue weighted by Crippen LogP contribution is 2.12. The van der Waals surface area contributed by atoms with Crippen molar-refractivity contribution in [3.63, 3.8) is 0 Å². The van der Waals surface area contributed by atoms with Crippen molar-refractivity contribution in [1.29, 1.82) is 0 Å². The second kappa shape index (κ2) is 11.4. The van der Waals surface area contributed by atoms with Crippen molar-refractivity contribution < 1.29 is 34.5 Å². The molecular weight excluding hydrogens is 420 g/mol. The Kier molecular flexibility index (Phi) is 8.97. The van der Waals surface area contributed by atoms with Crippen LogP contribution in [0.5, 0.6) is 5.75 Å². The van der Waals surface area contributed by atoms with E-state index in [1.54, 1.807) is 12.1 Å². The number of carbonyl (C=O) groups is 4. The van der Waals surface area contributed by atoms with E-state index >= 15 is 0 Å². The Morgan fingerprint density at radius 2 is 1.72 bits per heavy atom. The van der Waals surface area contributed by atoms with Crippen molar-refractivity contribution in [2.24, 2.45) is 0 Å². The summed E-state index contributed by atoms with van der Waals surface area (Å²) in [4.78, 5) is 49.1. The van der Waals surface area contributed by atoms with Crippen molar-refractivity contribution in [3.8, 4) is 5.75 Å². The SMILES string of the molecule is CC(NC(=O)C(Cc1ccc(O)cc1)NC(=O)C(NC(=O)C1CCCN1)C(C)O)C(=O)O. The summed E-state index contributed by atoms with van der Waals surface area (Å²) in [7, 11) is 0. The van der Waals surface area contributed by atoms with Crippen LogP contribution in [0.2, 0.25) is 0 Å². The lowest BCUT2D eigenvalue weighted by molar-refractivity contribution is -0.142. The standard InChI is InChI=1S/C21H30N4O7/c1-11(21(31)32)23-19(29)16(10-13-5-7-14(27)8-6-13)24-20(30)17(12(2)26)25-18(28)15-4-3-9-22-15/h5-8,11-12,15-17,22,26-27H,3-4,9-10H2,1-2H3,(H,23,29)(H,24,30)(H,25,28)(H,31,32).